The molecule has 1 aromatic carbocycles. The topological polar surface area (TPSA) is 45.9 Å². The SMILES string of the molecule is COc1ccc(CN2CCN(C(=O)[C@@H]3C[C@@H]3c3ccco3)CC2)cc1. The summed E-state index contributed by atoms with van der Waals surface area (Å²) in [5.74, 6) is 2.55. The third-order valence-corrected chi connectivity index (χ3v) is 5.27. The number of carbonyl (C=O) groups excluding carboxylic acids is 1. The average Bonchev–Trinajstić information content (AvgIpc) is 3.27. The molecule has 2 heterocycles. The molecular weight excluding hydrogens is 316 g/mol. The number of piperazine rings is 1. The summed E-state index contributed by atoms with van der Waals surface area (Å²) in [6, 6.07) is 12.1. The van der Waals surface area contributed by atoms with Crippen LogP contribution in [0.15, 0.2) is 47.1 Å². The summed E-state index contributed by atoms with van der Waals surface area (Å²) in [6.07, 6.45) is 2.62. The minimum atomic E-state index is 0.124. The quantitative estimate of drug-likeness (QED) is 0.840. The van der Waals surface area contributed by atoms with Gasteiger partial charge in [-0.2, -0.15) is 0 Å². The van der Waals surface area contributed by atoms with E-state index in [0.717, 1.165) is 50.7 Å². The Bertz CT molecular complexity index is 703. The van der Waals surface area contributed by atoms with Gasteiger partial charge in [0, 0.05) is 44.6 Å². The summed E-state index contributed by atoms with van der Waals surface area (Å²) >= 11 is 0. The van der Waals surface area contributed by atoms with Gasteiger partial charge in [-0.25, -0.2) is 0 Å². The summed E-state index contributed by atoms with van der Waals surface area (Å²) < 4.78 is 10.6. The van der Waals surface area contributed by atoms with Crippen LogP contribution in [0, 0.1) is 5.92 Å². The lowest BCUT2D eigenvalue weighted by atomic mass is 10.1. The minimum absolute atomic E-state index is 0.124. The lowest BCUT2D eigenvalue weighted by molar-refractivity contribution is -0.134. The molecule has 4 rings (SSSR count). The van der Waals surface area contributed by atoms with Crippen molar-refractivity contribution in [3.8, 4) is 5.75 Å². The summed E-state index contributed by atoms with van der Waals surface area (Å²) in [7, 11) is 1.68. The fraction of sp³-hybridized carbons (Fsp3) is 0.450. The molecule has 1 aliphatic heterocycles. The van der Waals surface area contributed by atoms with Gasteiger partial charge < -0.3 is 14.1 Å². The van der Waals surface area contributed by atoms with E-state index in [1.807, 2.05) is 29.2 Å². The minimum Gasteiger partial charge on any atom is -0.497 e. The van der Waals surface area contributed by atoms with Crippen molar-refractivity contribution in [3.63, 3.8) is 0 Å². The summed E-state index contributed by atoms with van der Waals surface area (Å²) in [6.45, 7) is 4.41. The zero-order valence-electron chi connectivity index (χ0n) is 14.6. The second kappa shape index (κ2) is 6.92. The van der Waals surface area contributed by atoms with Crippen molar-refractivity contribution in [2.24, 2.45) is 5.92 Å². The van der Waals surface area contributed by atoms with E-state index in [1.54, 1.807) is 13.4 Å². The van der Waals surface area contributed by atoms with Crippen LogP contribution in [0.3, 0.4) is 0 Å². The molecule has 2 fully saturated rings. The molecule has 1 aliphatic carbocycles. The molecule has 0 spiro atoms. The van der Waals surface area contributed by atoms with Crippen molar-refractivity contribution >= 4 is 5.91 Å². The first-order chi connectivity index (χ1) is 12.2. The molecule has 1 saturated carbocycles. The standard InChI is InChI=1S/C20H24N2O3/c1-24-16-6-4-15(5-7-16)14-21-8-10-22(11-9-21)20(23)18-13-17(18)19-3-2-12-25-19/h2-7,12,17-18H,8-11,13-14H2,1H3/t17-,18+/m0/s1. The Hall–Kier alpha value is -2.27. The van der Waals surface area contributed by atoms with Crippen molar-refractivity contribution in [1.29, 1.82) is 0 Å². The van der Waals surface area contributed by atoms with Crippen LogP contribution in [0.25, 0.3) is 0 Å². The van der Waals surface area contributed by atoms with Gasteiger partial charge in [-0.15, -0.1) is 0 Å². The van der Waals surface area contributed by atoms with E-state index < -0.39 is 0 Å². The molecule has 5 nitrogen and oxygen atoms in total. The summed E-state index contributed by atoms with van der Waals surface area (Å²) in [4.78, 5) is 17.1. The maximum Gasteiger partial charge on any atom is 0.226 e. The Labute approximate surface area is 148 Å². The van der Waals surface area contributed by atoms with Crippen molar-refractivity contribution in [2.45, 2.75) is 18.9 Å². The van der Waals surface area contributed by atoms with Crippen LogP contribution in [-0.4, -0.2) is 49.0 Å². The Morgan fingerprint density at radius 1 is 1.16 bits per heavy atom. The van der Waals surface area contributed by atoms with Crippen LogP contribution >= 0.6 is 0 Å². The smallest absolute Gasteiger partial charge is 0.226 e. The molecule has 0 radical (unpaired) electrons. The molecule has 2 aliphatic rings. The number of rotatable bonds is 5. The molecule has 2 atom stereocenters. The average molecular weight is 340 g/mol. The highest BCUT2D eigenvalue weighted by Crippen LogP contribution is 2.48. The summed E-state index contributed by atoms with van der Waals surface area (Å²) in [5.41, 5.74) is 1.28. The zero-order valence-corrected chi connectivity index (χ0v) is 14.6. The van der Waals surface area contributed by atoms with Gasteiger partial charge in [-0.1, -0.05) is 12.1 Å². The highest BCUT2D eigenvalue weighted by Gasteiger charge is 2.47. The van der Waals surface area contributed by atoms with Gasteiger partial charge in [-0.05, 0) is 36.2 Å². The number of ether oxygens (including phenoxy) is 1. The number of nitrogens with zero attached hydrogens (tertiary/aromatic N) is 2. The zero-order chi connectivity index (χ0) is 17.2. The number of amides is 1. The third kappa shape index (κ3) is 3.56. The number of methoxy groups -OCH3 is 1. The molecule has 132 valence electrons. The van der Waals surface area contributed by atoms with E-state index in [2.05, 4.69) is 17.0 Å². The highest BCUT2D eigenvalue weighted by molar-refractivity contribution is 5.83. The number of furan rings is 1. The van der Waals surface area contributed by atoms with Crippen molar-refractivity contribution in [1.82, 2.24) is 9.80 Å². The van der Waals surface area contributed by atoms with Gasteiger partial charge in [0.25, 0.3) is 0 Å². The number of hydrogen-bond acceptors (Lipinski definition) is 4. The molecule has 0 bridgehead atoms. The molecular formula is C20H24N2O3. The van der Waals surface area contributed by atoms with E-state index in [1.165, 1.54) is 5.56 Å². The first-order valence-corrected chi connectivity index (χ1v) is 8.92. The Morgan fingerprint density at radius 2 is 1.92 bits per heavy atom. The predicted octanol–water partition coefficient (Wildman–Crippen LogP) is 2.74. The van der Waals surface area contributed by atoms with E-state index in [-0.39, 0.29) is 5.92 Å². The lowest BCUT2D eigenvalue weighted by Gasteiger charge is -2.35. The van der Waals surface area contributed by atoms with E-state index >= 15 is 0 Å². The lowest BCUT2D eigenvalue weighted by Crippen LogP contribution is -2.48. The Morgan fingerprint density at radius 3 is 2.56 bits per heavy atom. The Kier molecular flexibility index (Phi) is 4.49. The summed E-state index contributed by atoms with van der Waals surface area (Å²) in [5, 5.41) is 0. The third-order valence-electron chi connectivity index (χ3n) is 5.27. The van der Waals surface area contributed by atoms with E-state index in [9.17, 15) is 4.79 Å². The predicted molar refractivity (Wildman–Crippen MR) is 94.4 cm³/mol. The first kappa shape index (κ1) is 16.2. The molecule has 5 heteroatoms. The Balaban J connectivity index is 1.26. The fourth-order valence-corrected chi connectivity index (χ4v) is 3.63. The normalized spacial score (nSPS) is 23.5. The second-order valence-electron chi connectivity index (χ2n) is 6.91. The van der Waals surface area contributed by atoms with Crippen LogP contribution in [0.5, 0.6) is 5.75 Å². The molecule has 1 aromatic heterocycles. The number of benzene rings is 1. The van der Waals surface area contributed by atoms with Crippen molar-refractivity contribution in [3.05, 3.63) is 54.0 Å². The van der Waals surface area contributed by atoms with Gasteiger partial charge in [0.1, 0.15) is 11.5 Å². The fourth-order valence-electron chi connectivity index (χ4n) is 3.63. The molecule has 25 heavy (non-hydrogen) atoms. The second-order valence-corrected chi connectivity index (χ2v) is 6.91. The van der Waals surface area contributed by atoms with Crippen LogP contribution < -0.4 is 4.74 Å². The monoisotopic (exact) mass is 340 g/mol. The molecule has 1 saturated heterocycles. The van der Waals surface area contributed by atoms with Gasteiger partial charge in [0.15, 0.2) is 0 Å². The number of carbonyl (C=O) groups is 1. The van der Waals surface area contributed by atoms with Crippen LogP contribution in [0.4, 0.5) is 0 Å². The highest BCUT2D eigenvalue weighted by atomic mass is 16.5. The molecule has 0 N–H and O–H groups in total. The first-order valence-electron chi connectivity index (χ1n) is 8.92. The molecule has 0 unspecified atom stereocenters. The van der Waals surface area contributed by atoms with E-state index in [4.69, 9.17) is 9.15 Å². The van der Waals surface area contributed by atoms with Crippen LogP contribution in [-0.2, 0) is 11.3 Å². The van der Waals surface area contributed by atoms with Gasteiger partial charge in [0.05, 0.1) is 13.4 Å². The maximum atomic E-state index is 12.7. The van der Waals surface area contributed by atoms with Crippen molar-refractivity contribution < 1.29 is 13.9 Å². The van der Waals surface area contributed by atoms with Crippen LogP contribution in [0.2, 0.25) is 0 Å². The van der Waals surface area contributed by atoms with E-state index in [0.29, 0.717) is 11.8 Å². The molecule has 2 aromatic rings. The number of hydrogen-bond donors (Lipinski definition) is 0. The maximum absolute atomic E-state index is 12.7. The van der Waals surface area contributed by atoms with Gasteiger partial charge in [0.2, 0.25) is 5.91 Å². The van der Waals surface area contributed by atoms with Crippen LogP contribution in [0.1, 0.15) is 23.7 Å². The van der Waals surface area contributed by atoms with Gasteiger partial charge in [-0.3, -0.25) is 9.69 Å². The largest absolute Gasteiger partial charge is 0.497 e. The molecule has 1 amide bonds. The van der Waals surface area contributed by atoms with Gasteiger partial charge >= 0.3 is 0 Å². The van der Waals surface area contributed by atoms with Crippen molar-refractivity contribution in [2.75, 3.05) is 33.3 Å².